The molecule has 4 aromatic rings. The monoisotopic (exact) mass is 417 g/mol. The lowest BCUT2D eigenvalue weighted by Crippen LogP contribution is -2.18. The van der Waals surface area contributed by atoms with Crippen LogP contribution in [0.5, 0.6) is 0 Å². The van der Waals surface area contributed by atoms with Crippen LogP contribution in [0.25, 0.3) is 16.5 Å². The van der Waals surface area contributed by atoms with Gasteiger partial charge < -0.3 is 5.32 Å². The van der Waals surface area contributed by atoms with Gasteiger partial charge in [0.25, 0.3) is 0 Å². The van der Waals surface area contributed by atoms with Gasteiger partial charge >= 0.3 is 0 Å². The summed E-state index contributed by atoms with van der Waals surface area (Å²) in [4.78, 5) is 13.0. The van der Waals surface area contributed by atoms with E-state index in [1.807, 2.05) is 72.8 Å². The highest BCUT2D eigenvalue weighted by atomic mass is 32.2. The summed E-state index contributed by atoms with van der Waals surface area (Å²) in [6, 6.07) is 23.2. The summed E-state index contributed by atoms with van der Waals surface area (Å²) in [5.41, 5.74) is 2.76. The van der Waals surface area contributed by atoms with Crippen LogP contribution >= 0.6 is 0 Å². The third-order valence-corrected chi connectivity index (χ3v) is 6.72. The van der Waals surface area contributed by atoms with Crippen molar-refractivity contribution in [2.75, 3.05) is 5.32 Å². The first kappa shape index (κ1) is 18.6. The Hall–Kier alpha value is -3.45. The van der Waals surface area contributed by atoms with Crippen LogP contribution in [0.15, 0.2) is 72.8 Å². The number of aromatic nitrogens is 2. The molecule has 1 aliphatic heterocycles. The van der Waals surface area contributed by atoms with Gasteiger partial charge in [-0.15, -0.1) is 0 Å². The second kappa shape index (κ2) is 7.11. The number of hydrogen-bond donors (Lipinski definition) is 1. The molecule has 7 heteroatoms. The summed E-state index contributed by atoms with van der Waals surface area (Å²) in [6.07, 6.45) is 0.183. The number of amides is 1. The average Bonchev–Trinajstić information content (AvgIpc) is 3.21. The molecule has 1 aromatic heterocycles. The normalized spacial score (nSPS) is 14.5. The molecule has 0 unspecified atom stereocenters. The van der Waals surface area contributed by atoms with Crippen molar-refractivity contribution in [2.24, 2.45) is 0 Å². The van der Waals surface area contributed by atoms with Crippen molar-refractivity contribution in [3.63, 3.8) is 0 Å². The standard InChI is InChI=1S/C23H19N3O3S/c27-22(13-17-9-6-8-16-7-4-5-12-19(16)17)24-23-20-14-30(28,29)15-21(20)25-26(23)18-10-2-1-3-11-18/h1-12H,13-15H2,(H,24,27). The predicted octanol–water partition coefficient (Wildman–Crippen LogP) is 3.64. The highest BCUT2D eigenvalue weighted by Gasteiger charge is 2.33. The molecule has 5 rings (SSSR count). The third-order valence-electron chi connectivity index (χ3n) is 5.28. The maximum atomic E-state index is 13.0. The first-order valence-electron chi connectivity index (χ1n) is 9.63. The molecular formula is C23H19N3O3S. The highest BCUT2D eigenvalue weighted by Crippen LogP contribution is 2.33. The van der Waals surface area contributed by atoms with Gasteiger partial charge in [0.1, 0.15) is 5.82 Å². The zero-order valence-corrected chi connectivity index (χ0v) is 16.9. The highest BCUT2D eigenvalue weighted by molar-refractivity contribution is 7.90. The minimum absolute atomic E-state index is 0.103. The van der Waals surface area contributed by atoms with E-state index in [0.717, 1.165) is 22.0 Å². The molecule has 0 radical (unpaired) electrons. The molecule has 150 valence electrons. The Kier molecular flexibility index (Phi) is 4.40. The van der Waals surface area contributed by atoms with Gasteiger partial charge in [-0.25, -0.2) is 13.1 Å². The third kappa shape index (κ3) is 3.37. The van der Waals surface area contributed by atoms with Gasteiger partial charge in [-0.05, 0) is 28.5 Å². The van der Waals surface area contributed by atoms with E-state index in [4.69, 9.17) is 0 Å². The molecule has 0 saturated carbocycles. The topological polar surface area (TPSA) is 81.1 Å². The zero-order chi connectivity index (χ0) is 20.7. The minimum Gasteiger partial charge on any atom is -0.310 e. The van der Waals surface area contributed by atoms with Crippen LogP contribution < -0.4 is 5.32 Å². The van der Waals surface area contributed by atoms with Crippen molar-refractivity contribution in [3.05, 3.63) is 89.6 Å². The van der Waals surface area contributed by atoms with E-state index in [2.05, 4.69) is 10.4 Å². The van der Waals surface area contributed by atoms with Gasteiger partial charge in [0.15, 0.2) is 9.84 Å². The number of sulfone groups is 1. The number of hydrogen-bond acceptors (Lipinski definition) is 4. The molecule has 6 nitrogen and oxygen atoms in total. The Bertz CT molecular complexity index is 1370. The first-order valence-corrected chi connectivity index (χ1v) is 11.5. The van der Waals surface area contributed by atoms with E-state index < -0.39 is 9.84 Å². The van der Waals surface area contributed by atoms with Crippen LogP contribution in [0.4, 0.5) is 5.82 Å². The molecule has 1 aliphatic rings. The fourth-order valence-corrected chi connectivity index (χ4v) is 5.42. The van der Waals surface area contributed by atoms with Gasteiger partial charge in [0, 0.05) is 5.56 Å². The summed E-state index contributed by atoms with van der Waals surface area (Å²) in [5.74, 6) is 0.00554. The molecule has 0 atom stereocenters. The number of anilines is 1. The van der Waals surface area contributed by atoms with Gasteiger partial charge in [-0.2, -0.15) is 5.10 Å². The molecule has 0 fully saturated rings. The molecule has 30 heavy (non-hydrogen) atoms. The minimum atomic E-state index is -3.23. The van der Waals surface area contributed by atoms with Crippen molar-refractivity contribution in [1.82, 2.24) is 9.78 Å². The second-order valence-electron chi connectivity index (χ2n) is 7.42. The summed E-state index contributed by atoms with van der Waals surface area (Å²) in [7, 11) is -3.23. The average molecular weight is 417 g/mol. The fraction of sp³-hybridized carbons (Fsp3) is 0.130. The molecular weight excluding hydrogens is 398 g/mol. The maximum Gasteiger partial charge on any atom is 0.229 e. The summed E-state index contributed by atoms with van der Waals surface area (Å²) < 4.78 is 25.8. The Morgan fingerprint density at radius 3 is 2.50 bits per heavy atom. The Labute approximate surface area is 174 Å². The van der Waals surface area contributed by atoms with Crippen molar-refractivity contribution < 1.29 is 13.2 Å². The Balaban J connectivity index is 1.50. The van der Waals surface area contributed by atoms with Crippen LogP contribution in [0, 0.1) is 0 Å². The van der Waals surface area contributed by atoms with Crippen molar-refractivity contribution in [2.45, 2.75) is 17.9 Å². The van der Waals surface area contributed by atoms with E-state index in [0.29, 0.717) is 17.1 Å². The van der Waals surface area contributed by atoms with E-state index in [9.17, 15) is 13.2 Å². The van der Waals surface area contributed by atoms with Crippen molar-refractivity contribution in [3.8, 4) is 5.69 Å². The van der Waals surface area contributed by atoms with Gasteiger partial charge in [-0.1, -0.05) is 60.7 Å². The SMILES string of the molecule is O=C(Cc1cccc2ccccc12)Nc1c2c(nn1-c1ccccc1)CS(=O)(=O)C2. The van der Waals surface area contributed by atoms with E-state index in [1.165, 1.54) is 0 Å². The second-order valence-corrected chi connectivity index (χ2v) is 9.48. The van der Waals surface area contributed by atoms with Gasteiger partial charge in [-0.3, -0.25) is 4.79 Å². The van der Waals surface area contributed by atoms with Crippen LogP contribution in [-0.2, 0) is 32.6 Å². The number of benzene rings is 3. The molecule has 1 amide bonds. The van der Waals surface area contributed by atoms with Crippen molar-refractivity contribution >= 4 is 32.3 Å². The molecule has 0 aliphatic carbocycles. The van der Waals surface area contributed by atoms with E-state index in [1.54, 1.807) is 4.68 Å². The number of nitrogens with one attached hydrogen (secondary N) is 1. The molecule has 1 N–H and O–H groups in total. The van der Waals surface area contributed by atoms with Crippen LogP contribution in [-0.4, -0.2) is 24.1 Å². The Morgan fingerprint density at radius 1 is 0.933 bits per heavy atom. The molecule has 3 aromatic carbocycles. The molecule has 0 spiro atoms. The smallest absolute Gasteiger partial charge is 0.229 e. The lowest BCUT2D eigenvalue weighted by Gasteiger charge is -2.12. The molecule has 0 saturated heterocycles. The zero-order valence-electron chi connectivity index (χ0n) is 16.1. The van der Waals surface area contributed by atoms with Gasteiger partial charge in [0.2, 0.25) is 5.91 Å². The quantitative estimate of drug-likeness (QED) is 0.550. The summed E-state index contributed by atoms with van der Waals surface area (Å²) >= 11 is 0. The van der Waals surface area contributed by atoms with Crippen LogP contribution in [0.1, 0.15) is 16.8 Å². The largest absolute Gasteiger partial charge is 0.310 e. The number of carbonyl (C=O) groups is 1. The van der Waals surface area contributed by atoms with Gasteiger partial charge in [0.05, 0.1) is 29.3 Å². The number of carbonyl (C=O) groups excluding carboxylic acids is 1. The van der Waals surface area contributed by atoms with E-state index >= 15 is 0 Å². The lowest BCUT2D eigenvalue weighted by atomic mass is 10.0. The maximum absolute atomic E-state index is 13.0. The Morgan fingerprint density at radius 2 is 1.67 bits per heavy atom. The summed E-state index contributed by atoms with van der Waals surface area (Å²) in [5, 5.41) is 9.53. The number of para-hydroxylation sites is 1. The van der Waals surface area contributed by atoms with Crippen molar-refractivity contribution in [1.29, 1.82) is 0 Å². The molecule has 2 heterocycles. The van der Waals surface area contributed by atoms with E-state index in [-0.39, 0.29) is 23.8 Å². The van der Waals surface area contributed by atoms with Crippen LogP contribution in [0.2, 0.25) is 0 Å². The summed E-state index contributed by atoms with van der Waals surface area (Å²) in [6.45, 7) is 0. The lowest BCUT2D eigenvalue weighted by molar-refractivity contribution is -0.115. The molecule has 0 bridgehead atoms. The number of rotatable bonds is 4. The first-order chi connectivity index (χ1) is 14.5. The number of nitrogens with zero attached hydrogens (tertiary/aromatic N) is 2. The fourth-order valence-electron chi connectivity index (χ4n) is 3.92. The van der Waals surface area contributed by atoms with Crippen LogP contribution in [0.3, 0.4) is 0 Å². The predicted molar refractivity (Wildman–Crippen MR) is 116 cm³/mol. The number of fused-ring (bicyclic) bond motifs is 2.